The molecule has 0 radical (unpaired) electrons. The van der Waals surface area contributed by atoms with E-state index >= 15 is 0 Å². The van der Waals surface area contributed by atoms with Gasteiger partial charge in [0.25, 0.3) is 0 Å². The van der Waals surface area contributed by atoms with Gasteiger partial charge in [0.15, 0.2) is 0 Å². The van der Waals surface area contributed by atoms with E-state index in [1.165, 1.54) is 0 Å². The van der Waals surface area contributed by atoms with Crippen molar-refractivity contribution in [2.24, 2.45) is 5.16 Å². The van der Waals surface area contributed by atoms with Crippen molar-refractivity contribution in [3.8, 4) is 0 Å². The molecule has 1 N–H and O–H groups in total. The summed E-state index contributed by atoms with van der Waals surface area (Å²) in [6, 6.07) is 0. The summed E-state index contributed by atoms with van der Waals surface area (Å²) in [5.41, 5.74) is 0.924. The molecule has 0 aromatic rings. The number of hydrogen-bond acceptors (Lipinski definition) is 3. The van der Waals surface area contributed by atoms with Crippen LogP contribution in [0.5, 0.6) is 0 Å². The van der Waals surface area contributed by atoms with Gasteiger partial charge in [-0.1, -0.05) is 12.1 Å². The van der Waals surface area contributed by atoms with Crippen molar-refractivity contribution >= 4 is 5.71 Å². The minimum absolute atomic E-state index is 0.854. The third-order valence-corrected chi connectivity index (χ3v) is 1.93. The molecule has 1 rings (SSSR count). The largest absolute Gasteiger partial charge is 0.411 e. The van der Waals surface area contributed by atoms with Crippen molar-refractivity contribution < 1.29 is 5.21 Å². The molecule has 1 aliphatic rings. The van der Waals surface area contributed by atoms with Crippen LogP contribution in [0.25, 0.3) is 0 Å². The maximum Gasteiger partial charge on any atom is 0.0711 e. The smallest absolute Gasteiger partial charge is 0.0711 e. The molecule has 0 aliphatic carbocycles. The summed E-state index contributed by atoms with van der Waals surface area (Å²) in [6.07, 6.45) is 2.10. The van der Waals surface area contributed by atoms with Crippen LogP contribution >= 0.6 is 0 Å². The highest BCUT2D eigenvalue weighted by Gasteiger charge is 2.13. The van der Waals surface area contributed by atoms with E-state index in [1.807, 2.05) is 0 Å². The summed E-state index contributed by atoms with van der Waals surface area (Å²) >= 11 is 0. The van der Waals surface area contributed by atoms with Crippen LogP contribution in [0.3, 0.4) is 0 Å². The van der Waals surface area contributed by atoms with E-state index in [0.717, 1.165) is 38.2 Å². The van der Waals surface area contributed by atoms with Crippen LogP contribution in [0.15, 0.2) is 5.16 Å². The van der Waals surface area contributed by atoms with Gasteiger partial charge in [0.05, 0.1) is 5.71 Å². The minimum atomic E-state index is 0.854. The Bertz CT molecular complexity index is 134. The van der Waals surface area contributed by atoms with Gasteiger partial charge < -0.3 is 5.21 Å². The summed E-state index contributed by atoms with van der Waals surface area (Å²) in [5, 5.41) is 11.7. The number of rotatable bonds is 1. The van der Waals surface area contributed by atoms with Crippen molar-refractivity contribution in [2.45, 2.75) is 19.8 Å². The van der Waals surface area contributed by atoms with Gasteiger partial charge >= 0.3 is 0 Å². The van der Waals surface area contributed by atoms with Crippen molar-refractivity contribution in [3.63, 3.8) is 0 Å². The van der Waals surface area contributed by atoms with Crippen molar-refractivity contribution in [1.29, 1.82) is 0 Å². The Hall–Kier alpha value is -0.570. The second-order valence-electron chi connectivity index (χ2n) is 2.64. The van der Waals surface area contributed by atoms with E-state index in [2.05, 4.69) is 17.0 Å². The molecule has 0 aromatic heterocycles. The molecular formula is C7H14N2O. The lowest BCUT2D eigenvalue weighted by Gasteiger charge is -2.25. The predicted octanol–water partition coefficient (Wildman–Crippen LogP) is 0.932. The molecule has 1 aliphatic heterocycles. The number of hydrogen-bond donors (Lipinski definition) is 1. The molecule has 3 nitrogen and oxygen atoms in total. The lowest BCUT2D eigenvalue weighted by molar-refractivity contribution is 0.281. The Morgan fingerprint density at radius 1 is 1.70 bits per heavy atom. The van der Waals surface area contributed by atoms with Crippen LogP contribution in [0, 0.1) is 0 Å². The molecule has 1 fully saturated rings. The molecule has 1 saturated heterocycles. The van der Waals surface area contributed by atoms with Crippen LogP contribution < -0.4 is 0 Å². The number of piperidine rings is 1. The second-order valence-corrected chi connectivity index (χ2v) is 2.64. The molecular weight excluding hydrogens is 128 g/mol. The summed E-state index contributed by atoms with van der Waals surface area (Å²) in [5.74, 6) is 0. The van der Waals surface area contributed by atoms with E-state index in [0.29, 0.717) is 0 Å². The second kappa shape index (κ2) is 3.56. The van der Waals surface area contributed by atoms with Gasteiger partial charge in [-0.05, 0) is 25.9 Å². The molecule has 1 heterocycles. The summed E-state index contributed by atoms with van der Waals surface area (Å²) in [6.45, 7) is 5.18. The third-order valence-electron chi connectivity index (χ3n) is 1.93. The number of nitrogens with zero attached hydrogens (tertiary/aromatic N) is 2. The van der Waals surface area contributed by atoms with Crippen LogP contribution in [-0.2, 0) is 0 Å². The Balaban J connectivity index is 2.39. The zero-order valence-corrected chi connectivity index (χ0v) is 6.38. The molecule has 0 saturated carbocycles. The zero-order valence-electron chi connectivity index (χ0n) is 6.38. The molecule has 58 valence electrons. The summed E-state index contributed by atoms with van der Waals surface area (Å²) in [7, 11) is 0. The lowest BCUT2D eigenvalue weighted by Crippen LogP contribution is -2.35. The van der Waals surface area contributed by atoms with Crippen LogP contribution in [0.4, 0.5) is 0 Å². The standard InChI is InChI=1S/C7H14N2O/c1-2-9-5-3-4-7(6-9)8-10/h10H,2-6H2,1H3/b8-7+. The normalized spacial score (nSPS) is 25.5. The third kappa shape index (κ3) is 1.70. The molecule has 0 spiro atoms. The highest BCUT2D eigenvalue weighted by molar-refractivity contribution is 5.86. The van der Waals surface area contributed by atoms with Gasteiger partial charge in [0.2, 0.25) is 0 Å². The molecule has 0 bridgehead atoms. The first-order valence-electron chi connectivity index (χ1n) is 3.79. The van der Waals surface area contributed by atoms with Gasteiger partial charge in [-0.15, -0.1) is 0 Å². The fourth-order valence-electron chi connectivity index (χ4n) is 1.27. The van der Waals surface area contributed by atoms with Gasteiger partial charge in [-0.3, -0.25) is 4.90 Å². The number of oxime groups is 1. The zero-order chi connectivity index (χ0) is 7.40. The highest BCUT2D eigenvalue weighted by atomic mass is 16.4. The fraction of sp³-hybridized carbons (Fsp3) is 0.857. The van der Waals surface area contributed by atoms with Gasteiger partial charge in [-0.2, -0.15) is 0 Å². The Kier molecular flexibility index (Phi) is 2.68. The first-order chi connectivity index (χ1) is 4.86. The SMILES string of the molecule is CCN1CCC/C(=N\O)C1. The monoisotopic (exact) mass is 142 g/mol. The molecule has 3 heteroatoms. The first kappa shape index (κ1) is 7.54. The van der Waals surface area contributed by atoms with E-state index in [4.69, 9.17) is 5.21 Å². The van der Waals surface area contributed by atoms with Gasteiger partial charge in [-0.25, -0.2) is 0 Å². The van der Waals surface area contributed by atoms with E-state index in [9.17, 15) is 0 Å². The fourth-order valence-corrected chi connectivity index (χ4v) is 1.27. The first-order valence-corrected chi connectivity index (χ1v) is 3.79. The average molecular weight is 142 g/mol. The molecule has 0 aromatic carbocycles. The number of likely N-dealkylation sites (tertiary alicyclic amines) is 1. The maximum absolute atomic E-state index is 8.47. The minimum Gasteiger partial charge on any atom is -0.411 e. The summed E-state index contributed by atoms with van der Waals surface area (Å²) in [4.78, 5) is 2.28. The van der Waals surface area contributed by atoms with E-state index in [1.54, 1.807) is 0 Å². The quantitative estimate of drug-likeness (QED) is 0.436. The highest BCUT2D eigenvalue weighted by Crippen LogP contribution is 2.05. The topological polar surface area (TPSA) is 35.8 Å². The average Bonchev–Trinajstić information content (AvgIpc) is 2.05. The van der Waals surface area contributed by atoms with E-state index in [-0.39, 0.29) is 0 Å². The lowest BCUT2D eigenvalue weighted by atomic mass is 10.1. The maximum atomic E-state index is 8.47. The molecule has 0 atom stereocenters. The van der Waals surface area contributed by atoms with E-state index < -0.39 is 0 Å². The van der Waals surface area contributed by atoms with Gasteiger partial charge in [0, 0.05) is 6.54 Å². The Morgan fingerprint density at radius 2 is 2.50 bits per heavy atom. The predicted molar refractivity (Wildman–Crippen MR) is 40.6 cm³/mol. The van der Waals surface area contributed by atoms with Crippen LogP contribution in [0.1, 0.15) is 19.8 Å². The van der Waals surface area contributed by atoms with Gasteiger partial charge in [0.1, 0.15) is 0 Å². The molecule has 10 heavy (non-hydrogen) atoms. The molecule has 0 unspecified atom stereocenters. The van der Waals surface area contributed by atoms with Crippen molar-refractivity contribution in [1.82, 2.24) is 4.90 Å². The van der Waals surface area contributed by atoms with Crippen LogP contribution in [0.2, 0.25) is 0 Å². The van der Waals surface area contributed by atoms with Crippen molar-refractivity contribution in [3.05, 3.63) is 0 Å². The Morgan fingerprint density at radius 3 is 3.10 bits per heavy atom. The molecule has 0 amide bonds. The summed E-state index contributed by atoms with van der Waals surface area (Å²) < 4.78 is 0. The van der Waals surface area contributed by atoms with Crippen molar-refractivity contribution in [2.75, 3.05) is 19.6 Å². The Labute approximate surface area is 61.3 Å². The van der Waals surface area contributed by atoms with Crippen LogP contribution in [-0.4, -0.2) is 35.5 Å².